The molecule has 3 rings (SSSR count). The highest BCUT2D eigenvalue weighted by Crippen LogP contribution is 2.37. The highest BCUT2D eigenvalue weighted by Gasteiger charge is 2.29. The van der Waals surface area contributed by atoms with E-state index in [9.17, 15) is 0 Å². The maximum atomic E-state index is 6.08. The zero-order chi connectivity index (χ0) is 13.9. The fraction of sp³-hybridized carbons (Fsp3) is 0.250. The topological polar surface area (TPSA) is 47.3 Å². The maximum Gasteiger partial charge on any atom is 0.103 e. The third-order valence-electron chi connectivity index (χ3n) is 3.72. The average Bonchev–Trinajstić information content (AvgIpc) is 2.48. The largest absolute Gasteiger partial charge is 0.371 e. The average molecular weight is 289 g/mol. The Morgan fingerprint density at radius 2 is 2.05 bits per heavy atom. The molecule has 0 spiro atoms. The van der Waals surface area contributed by atoms with Gasteiger partial charge in [-0.1, -0.05) is 48.0 Å². The molecule has 0 saturated heterocycles. The van der Waals surface area contributed by atoms with Crippen molar-refractivity contribution < 1.29 is 4.74 Å². The summed E-state index contributed by atoms with van der Waals surface area (Å²) in [6.07, 6.45) is 0.850. The summed E-state index contributed by atoms with van der Waals surface area (Å²) in [5.74, 6) is 5.77. The minimum absolute atomic E-state index is 0.0941. The molecule has 2 atom stereocenters. The van der Waals surface area contributed by atoms with Crippen LogP contribution in [0.1, 0.15) is 28.8 Å². The highest BCUT2D eigenvalue weighted by atomic mass is 35.5. The molecule has 0 fully saturated rings. The van der Waals surface area contributed by atoms with Crippen molar-refractivity contribution in [1.29, 1.82) is 0 Å². The monoisotopic (exact) mass is 288 g/mol. The van der Waals surface area contributed by atoms with Crippen molar-refractivity contribution in [2.75, 3.05) is 6.61 Å². The van der Waals surface area contributed by atoms with E-state index in [-0.39, 0.29) is 12.1 Å². The van der Waals surface area contributed by atoms with Crippen LogP contribution in [-0.4, -0.2) is 6.61 Å². The Labute approximate surface area is 123 Å². The number of nitrogens with two attached hydrogens (primary N) is 1. The van der Waals surface area contributed by atoms with Crippen LogP contribution in [0.4, 0.5) is 0 Å². The Morgan fingerprint density at radius 1 is 1.20 bits per heavy atom. The number of ether oxygens (including phenoxy) is 1. The van der Waals surface area contributed by atoms with Crippen LogP contribution in [0.5, 0.6) is 0 Å². The first-order valence-corrected chi connectivity index (χ1v) is 7.08. The molecule has 0 saturated carbocycles. The summed E-state index contributed by atoms with van der Waals surface area (Å²) in [6.45, 7) is 0.709. The van der Waals surface area contributed by atoms with Crippen molar-refractivity contribution in [3.63, 3.8) is 0 Å². The van der Waals surface area contributed by atoms with Gasteiger partial charge in [0, 0.05) is 5.02 Å². The molecule has 2 aromatic rings. The van der Waals surface area contributed by atoms with Crippen LogP contribution in [0.15, 0.2) is 48.5 Å². The van der Waals surface area contributed by atoms with Gasteiger partial charge in [0.05, 0.1) is 12.6 Å². The molecule has 0 amide bonds. The van der Waals surface area contributed by atoms with Crippen molar-refractivity contribution in [1.82, 2.24) is 5.43 Å². The van der Waals surface area contributed by atoms with Crippen LogP contribution in [0.25, 0.3) is 0 Å². The Hall–Kier alpha value is -1.39. The molecule has 0 radical (unpaired) electrons. The molecule has 3 nitrogen and oxygen atoms in total. The summed E-state index contributed by atoms with van der Waals surface area (Å²) in [6, 6.07) is 16.0. The second kappa shape index (κ2) is 5.94. The molecule has 0 aliphatic carbocycles. The number of halogens is 1. The summed E-state index contributed by atoms with van der Waals surface area (Å²) in [4.78, 5) is 0. The fourth-order valence-electron chi connectivity index (χ4n) is 2.76. The third kappa shape index (κ3) is 2.58. The number of benzene rings is 2. The van der Waals surface area contributed by atoms with Crippen LogP contribution >= 0.6 is 11.6 Å². The number of rotatable bonds is 3. The molecular weight excluding hydrogens is 272 g/mol. The van der Waals surface area contributed by atoms with Gasteiger partial charge in [0.15, 0.2) is 0 Å². The molecule has 3 N–H and O–H groups in total. The normalized spacial score (nSPS) is 19.4. The first-order valence-electron chi connectivity index (χ1n) is 6.70. The second-order valence-electron chi connectivity index (χ2n) is 4.94. The van der Waals surface area contributed by atoms with Crippen LogP contribution < -0.4 is 11.3 Å². The van der Waals surface area contributed by atoms with E-state index < -0.39 is 0 Å². The summed E-state index contributed by atoms with van der Waals surface area (Å²) in [5.41, 5.74) is 6.42. The van der Waals surface area contributed by atoms with Crippen molar-refractivity contribution in [2.45, 2.75) is 18.6 Å². The predicted octanol–water partition coefficient (Wildman–Crippen LogP) is 3.16. The van der Waals surface area contributed by atoms with Crippen LogP contribution in [-0.2, 0) is 11.2 Å². The van der Waals surface area contributed by atoms with E-state index in [4.69, 9.17) is 22.2 Å². The Bertz CT molecular complexity index is 603. The molecule has 2 unspecified atom stereocenters. The van der Waals surface area contributed by atoms with Gasteiger partial charge in [-0.05, 0) is 35.2 Å². The lowest BCUT2D eigenvalue weighted by Crippen LogP contribution is -2.35. The van der Waals surface area contributed by atoms with Crippen molar-refractivity contribution in [2.24, 2.45) is 5.84 Å². The molecule has 104 valence electrons. The molecule has 1 aliphatic rings. The zero-order valence-electron chi connectivity index (χ0n) is 11.1. The fourth-order valence-corrected chi connectivity index (χ4v) is 2.96. The van der Waals surface area contributed by atoms with Crippen molar-refractivity contribution in [3.05, 3.63) is 70.2 Å². The zero-order valence-corrected chi connectivity index (χ0v) is 11.8. The van der Waals surface area contributed by atoms with E-state index in [0.29, 0.717) is 11.6 Å². The van der Waals surface area contributed by atoms with E-state index in [0.717, 1.165) is 12.0 Å². The molecule has 20 heavy (non-hydrogen) atoms. The van der Waals surface area contributed by atoms with Gasteiger partial charge in [-0.3, -0.25) is 5.84 Å². The number of fused-ring (bicyclic) bond motifs is 1. The number of nitrogens with one attached hydrogen (secondary N) is 1. The van der Waals surface area contributed by atoms with Gasteiger partial charge in [-0.15, -0.1) is 0 Å². The van der Waals surface area contributed by atoms with Crippen LogP contribution in [0, 0.1) is 0 Å². The Kier molecular flexibility index (Phi) is 4.03. The second-order valence-corrected chi connectivity index (χ2v) is 5.38. The van der Waals surface area contributed by atoms with Gasteiger partial charge >= 0.3 is 0 Å². The minimum atomic E-state index is -0.116. The minimum Gasteiger partial charge on any atom is -0.371 e. The summed E-state index contributed by atoms with van der Waals surface area (Å²) in [5, 5.41) is 0.701. The first-order chi connectivity index (χ1) is 9.79. The van der Waals surface area contributed by atoms with Crippen molar-refractivity contribution >= 4 is 11.6 Å². The molecule has 0 bridgehead atoms. The molecule has 1 heterocycles. The predicted molar refractivity (Wildman–Crippen MR) is 80.4 cm³/mol. The van der Waals surface area contributed by atoms with E-state index in [1.807, 2.05) is 30.3 Å². The van der Waals surface area contributed by atoms with Gasteiger partial charge in [-0.25, -0.2) is 5.43 Å². The standard InChI is InChI=1S/C16H17ClN2O/c17-13-6-3-5-12(10-13)15(19-18)16-14-7-2-1-4-11(14)8-9-20-16/h1-7,10,15-16,19H,8-9,18H2. The lowest BCUT2D eigenvalue weighted by molar-refractivity contribution is 0.0147. The highest BCUT2D eigenvalue weighted by molar-refractivity contribution is 6.30. The first kappa shape index (κ1) is 13.6. The number of hydrogen-bond donors (Lipinski definition) is 2. The summed E-state index contributed by atoms with van der Waals surface area (Å²) < 4.78 is 5.97. The quantitative estimate of drug-likeness (QED) is 0.674. The van der Waals surface area contributed by atoms with E-state index in [1.54, 1.807) is 0 Å². The SMILES string of the molecule is NNC(c1cccc(Cl)c1)C1OCCc2ccccc21. The van der Waals surface area contributed by atoms with E-state index in [1.165, 1.54) is 11.1 Å². The number of hydrazine groups is 1. The van der Waals surface area contributed by atoms with Crippen molar-refractivity contribution in [3.8, 4) is 0 Å². The van der Waals surface area contributed by atoms with E-state index in [2.05, 4.69) is 23.6 Å². The molecule has 4 heteroatoms. The van der Waals surface area contributed by atoms with Gasteiger partial charge < -0.3 is 4.74 Å². The van der Waals surface area contributed by atoms with Gasteiger partial charge in [0.25, 0.3) is 0 Å². The van der Waals surface area contributed by atoms with Gasteiger partial charge in [0.2, 0.25) is 0 Å². The molecule has 2 aromatic carbocycles. The van der Waals surface area contributed by atoms with Crippen LogP contribution in [0.3, 0.4) is 0 Å². The lowest BCUT2D eigenvalue weighted by atomic mass is 9.90. The summed E-state index contributed by atoms with van der Waals surface area (Å²) >= 11 is 6.08. The molecule has 0 aromatic heterocycles. The number of hydrogen-bond acceptors (Lipinski definition) is 3. The third-order valence-corrected chi connectivity index (χ3v) is 3.96. The van der Waals surface area contributed by atoms with Gasteiger partial charge in [-0.2, -0.15) is 0 Å². The van der Waals surface area contributed by atoms with Crippen LogP contribution in [0.2, 0.25) is 5.02 Å². The Morgan fingerprint density at radius 3 is 2.85 bits per heavy atom. The maximum absolute atomic E-state index is 6.08. The molecule has 1 aliphatic heterocycles. The summed E-state index contributed by atoms with van der Waals surface area (Å²) in [7, 11) is 0. The van der Waals surface area contributed by atoms with E-state index >= 15 is 0 Å². The lowest BCUT2D eigenvalue weighted by Gasteiger charge is -2.32. The van der Waals surface area contributed by atoms with Gasteiger partial charge in [0.1, 0.15) is 6.10 Å². The Balaban J connectivity index is 1.99. The smallest absolute Gasteiger partial charge is 0.103 e. The molecular formula is C16H17ClN2O.